The van der Waals surface area contributed by atoms with Gasteiger partial charge in [0.05, 0.1) is 6.10 Å². The molecule has 1 aromatic carbocycles. The standard InChI is InChI=1S/C16H21BrO2/c1-10-4-3-7-16(11(10)2)9-14(18)13-6-5-12(17)8-15(13)19-16/h5-6,8,10-11,14,18H,3-4,7,9H2,1-2H3/t10?,11?,14-,16?/m0/s1. The molecule has 1 N–H and O–H groups in total. The Balaban J connectivity index is 1.99. The highest BCUT2D eigenvalue weighted by Gasteiger charge is 2.48. The van der Waals surface area contributed by atoms with Crippen molar-refractivity contribution in [3.8, 4) is 5.75 Å². The van der Waals surface area contributed by atoms with E-state index < -0.39 is 6.10 Å². The van der Waals surface area contributed by atoms with Crippen LogP contribution in [0.1, 0.15) is 51.2 Å². The Bertz CT molecular complexity index is 488. The van der Waals surface area contributed by atoms with Gasteiger partial charge in [-0.1, -0.05) is 42.3 Å². The lowest BCUT2D eigenvalue weighted by molar-refractivity contribution is -0.0879. The van der Waals surface area contributed by atoms with Gasteiger partial charge in [0.1, 0.15) is 11.4 Å². The number of fused-ring (bicyclic) bond motifs is 1. The van der Waals surface area contributed by atoms with Gasteiger partial charge < -0.3 is 9.84 Å². The van der Waals surface area contributed by atoms with Crippen molar-refractivity contribution in [3.63, 3.8) is 0 Å². The van der Waals surface area contributed by atoms with Crippen molar-refractivity contribution in [2.24, 2.45) is 11.8 Å². The summed E-state index contributed by atoms with van der Waals surface area (Å²) in [4.78, 5) is 0. The molecule has 1 aliphatic carbocycles. The number of hydrogen-bond acceptors (Lipinski definition) is 2. The molecule has 1 aromatic rings. The second kappa shape index (κ2) is 4.78. The average molecular weight is 325 g/mol. The van der Waals surface area contributed by atoms with Gasteiger partial charge in [-0.2, -0.15) is 0 Å². The Kier molecular flexibility index (Phi) is 3.38. The van der Waals surface area contributed by atoms with Gasteiger partial charge in [0.2, 0.25) is 0 Å². The minimum Gasteiger partial charge on any atom is -0.486 e. The van der Waals surface area contributed by atoms with Crippen LogP contribution in [0.5, 0.6) is 5.75 Å². The average Bonchev–Trinajstić information content (AvgIpc) is 2.35. The zero-order chi connectivity index (χ0) is 13.6. The molecular formula is C16H21BrO2. The van der Waals surface area contributed by atoms with Crippen molar-refractivity contribution >= 4 is 15.9 Å². The first-order valence-electron chi connectivity index (χ1n) is 7.18. The van der Waals surface area contributed by atoms with Crippen LogP contribution >= 0.6 is 15.9 Å². The van der Waals surface area contributed by atoms with Crippen LogP contribution in [-0.4, -0.2) is 10.7 Å². The smallest absolute Gasteiger partial charge is 0.127 e. The van der Waals surface area contributed by atoms with E-state index in [9.17, 15) is 5.11 Å². The molecule has 4 atom stereocenters. The second-order valence-electron chi connectivity index (χ2n) is 6.23. The molecule has 2 aliphatic rings. The van der Waals surface area contributed by atoms with E-state index in [1.54, 1.807) is 0 Å². The molecule has 0 saturated heterocycles. The monoisotopic (exact) mass is 324 g/mol. The number of aliphatic hydroxyl groups is 1. The van der Waals surface area contributed by atoms with E-state index in [-0.39, 0.29) is 5.60 Å². The maximum Gasteiger partial charge on any atom is 0.127 e. The van der Waals surface area contributed by atoms with Gasteiger partial charge >= 0.3 is 0 Å². The van der Waals surface area contributed by atoms with Crippen LogP contribution in [0.4, 0.5) is 0 Å². The molecule has 104 valence electrons. The van der Waals surface area contributed by atoms with Crippen LogP contribution in [0, 0.1) is 11.8 Å². The second-order valence-corrected chi connectivity index (χ2v) is 7.14. The molecule has 0 amide bonds. The summed E-state index contributed by atoms with van der Waals surface area (Å²) in [7, 11) is 0. The molecule has 0 aromatic heterocycles. The van der Waals surface area contributed by atoms with Crippen molar-refractivity contribution in [1.29, 1.82) is 0 Å². The highest BCUT2D eigenvalue weighted by molar-refractivity contribution is 9.10. The first-order valence-corrected chi connectivity index (χ1v) is 7.98. The van der Waals surface area contributed by atoms with Gasteiger partial charge in [-0.15, -0.1) is 0 Å². The summed E-state index contributed by atoms with van der Waals surface area (Å²) < 4.78 is 7.41. The third kappa shape index (κ3) is 2.21. The zero-order valence-corrected chi connectivity index (χ0v) is 13.1. The fourth-order valence-corrected chi connectivity index (χ4v) is 4.06. The van der Waals surface area contributed by atoms with E-state index in [0.29, 0.717) is 11.8 Å². The molecule has 1 saturated carbocycles. The lowest BCUT2D eigenvalue weighted by Crippen LogP contribution is -2.50. The highest BCUT2D eigenvalue weighted by atomic mass is 79.9. The molecule has 1 fully saturated rings. The number of rotatable bonds is 0. The Morgan fingerprint density at radius 2 is 2.16 bits per heavy atom. The number of benzene rings is 1. The summed E-state index contributed by atoms with van der Waals surface area (Å²) in [6, 6.07) is 5.93. The quantitative estimate of drug-likeness (QED) is 0.763. The predicted octanol–water partition coefficient (Wildman–Crippen LogP) is 4.46. The third-order valence-electron chi connectivity index (χ3n) is 5.13. The van der Waals surface area contributed by atoms with Crippen molar-refractivity contribution in [2.45, 2.75) is 51.2 Å². The zero-order valence-electron chi connectivity index (χ0n) is 11.5. The molecule has 2 nitrogen and oxygen atoms in total. The lowest BCUT2D eigenvalue weighted by Gasteiger charge is -2.49. The van der Waals surface area contributed by atoms with Crippen LogP contribution < -0.4 is 4.74 Å². The van der Waals surface area contributed by atoms with Crippen LogP contribution in [0.3, 0.4) is 0 Å². The number of aliphatic hydroxyl groups excluding tert-OH is 1. The number of ether oxygens (including phenoxy) is 1. The fourth-order valence-electron chi connectivity index (χ4n) is 3.72. The Morgan fingerprint density at radius 3 is 2.95 bits per heavy atom. The van der Waals surface area contributed by atoms with Gasteiger partial charge in [-0.05, 0) is 36.8 Å². The van der Waals surface area contributed by atoms with Crippen molar-refractivity contribution in [2.75, 3.05) is 0 Å². The van der Waals surface area contributed by atoms with Crippen LogP contribution in [-0.2, 0) is 0 Å². The number of halogens is 1. The Hall–Kier alpha value is -0.540. The van der Waals surface area contributed by atoms with E-state index in [1.807, 2.05) is 18.2 Å². The van der Waals surface area contributed by atoms with Gasteiger partial charge in [0, 0.05) is 16.5 Å². The topological polar surface area (TPSA) is 29.5 Å². The normalized spacial score (nSPS) is 37.8. The van der Waals surface area contributed by atoms with Crippen LogP contribution in [0.15, 0.2) is 22.7 Å². The van der Waals surface area contributed by atoms with E-state index in [0.717, 1.165) is 28.6 Å². The first kappa shape index (κ1) is 13.4. The van der Waals surface area contributed by atoms with Crippen molar-refractivity contribution in [1.82, 2.24) is 0 Å². The Labute approximate surface area is 123 Å². The molecule has 0 radical (unpaired) electrons. The predicted molar refractivity (Wildman–Crippen MR) is 79.3 cm³/mol. The van der Waals surface area contributed by atoms with Crippen LogP contribution in [0.25, 0.3) is 0 Å². The van der Waals surface area contributed by atoms with Gasteiger partial charge in [-0.25, -0.2) is 0 Å². The molecule has 3 rings (SSSR count). The summed E-state index contributed by atoms with van der Waals surface area (Å²) in [6.07, 6.45) is 3.86. The highest BCUT2D eigenvalue weighted by Crippen LogP contribution is 2.50. The Morgan fingerprint density at radius 1 is 1.37 bits per heavy atom. The summed E-state index contributed by atoms with van der Waals surface area (Å²) in [5, 5.41) is 10.5. The molecule has 19 heavy (non-hydrogen) atoms. The minimum absolute atomic E-state index is 0.176. The SMILES string of the molecule is CC1CCCC2(C[C@H](O)c3ccc(Br)cc3O2)C1C. The van der Waals surface area contributed by atoms with E-state index in [4.69, 9.17) is 4.74 Å². The van der Waals surface area contributed by atoms with Gasteiger partial charge in [-0.3, -0.25) is 0 Å². The summed E-state index contributed by atoms with van der Waals surface area (Å²) in [5.74, 6) is 2.01. The maximum atomic E-state index is 10.5. The van der Waals surface area contributed by atoms with E-state index >= 15 is 0 Å². The summed E-state index contributed by atoms with van der Waals surface area (Å²) in [5.41, 5.74) is 0.754. The largest absolute Gasteiger partial charge is 0.486 e. The van der Waals surface area contributed by atoms with Crippen molar-refractivity contribution < 1.29 is 9.84 Å². The lowest BCUT2D eigenvalue weighted by atomic mass is 9.67. The van der Waals surface area contributed by atoms with Gasteiger partial charge in [0.25, 0.3) is 0 Å². The van der Waals surface area contributed by atoms with E-state index in [1.165, 1.54) is 12.8 Å². The molecule has 3 unspecified atom stereocenters. The summed E-state index contributed by atoms with van der Waals surface area (Å²) >= 11 is 3.49. The molecule has 1 heterocycles. The van der Waals surface area contributed by atoms with E-state index in [2.05, 4.69) is 29.8 Å². The van der Waals surface area contributed by atoms with Gasteiger partial charge in [0.15, 0.2) is 0 Å². The number of hydrogen-bond donors (Lipinski definition) is 1. The minimum atomic E-state index is -0.399. The molecule has 3 heteroatoms. The molecule has 1 aliphatic heterocycles. The molecule has 0 bridgehead atoms. The van der Waals surface area contributed by atoms with Crippen LogP contribution in [0.2, 0.25) is 0 Å². The first-order chi connectivity index (χ1) is 9.02. The molecular weight excluding hydrogens is 304 g/mol. The maximum absolute atomic E-state index is 10.5. The fraction of sp³-hybridized carbons (Fsp3) is 0.625. The summed E-state index contributed by atoms with van der Waals surface area (Å²) in [6.45, 7) is 4.58. The van der Waals surface area contributed by atoms with Crippen molar-refractivity contribution in [3.05, 3.63) is 28.2 Å². The third-order valence-corrected chi connectivity index (χ3v) is 5.62. The molecule has 1 spiro atoms.